The van der Waals surface area contributed by atoms with E-state index in [1.807, 2.05) is 0 Å². The van der Waals surface area contributed by atoms with Gasteiger partial charge < -0.3 is 5.32 Å². The molecule has 0 saturated heterocycles. The minimum Gasteiger partial charge on any atom is -0.322 e. The second-order valence-electron chi connectivity index (χ2n) is 5.50. The Morgan fingerprint density at radius 1 is 1.15 bits per heavy atom. The lowest BCUT2D eigenvalue weighted by Crippen LogP contribution is -2.17. The summed E-state index contributed by atoms with van der Waals surface area (Å²) in [5.74, 6) is -0.685. The summed E-state index contributed by atoms with van der Waals surface area (Å²) in [5, 5.41) is 1.87. The molecule has 2 aromatic rings. The van der Waals surface area contributed by atoms with E-state index in [2.05, 4.69) is 10.0 Å². The van der Waals surface area contributed by atoms with Crippen LogP contribution in [0, 0.1) is 6.92 Å². The maximum atomic E-state index is 12.9. The Hall–Kier alpha value is -2.26. The molecule has 2 aromatic carbocycles. The van der Waals surface area contributed by atoms with E-state index in [9.17, 15) is 26.4 Å². The van der Waals surface area contributed by atoms with Crippen LogP contribution in [0.3, 0.4) is 0 Å². The molecule has 0 heterocycles. The molecule has 0 aliphatic rings. The highest BCUT2D eigenvalue weighted by molar-refractivity contribution is 7.92. The Balaban J connectivity index is 2.33. The molecule has 0 radical (unpaired) electrons. The number of sulfonamides is 1. The SMILES string of the molecule is Cc1c(NS(C)(=O)=O)cccc1C(=O)Nc1ccc(Cl)c(C(F)(F)F)c1. The van der Waals surface area contributed by atoms with Crippen molar-refractivity contribution >= 4 is 38.9 Å². The van der Waals surface area contributed by atoms with E-state index in [1.165, 1.54) is 31.2 Å². The summed E-state index contributed by atoms with van der Waals surface area (Å²) in [6.07, 6.45) is -3.70. The Morgan fingerprint density at radius 3 is 2.38 bits per heavy atom. The zero-order chi connectivity index (χ0) is 19.7. The van der Waals surface area contributed by atoms with E-state index in [1.54, 1.807) is 0 Å². The standard InChI is InChI=1S/C16H14ClF3N2O3S/c1-9-11(4-3-5-14(9)22-26(2,24)25)15(23)21-10-6-7-13(17)12(8-10)16(18,19)20/h3-8,22H,1-2H3,(H,21,23). The lowest BCUT2D eigenvalue weighted by molar-refractivity contribution is -0.137. The highest BCUT2D eigenvalue weighted by Gasteiger charge is 2.33. The third kappa shape index (κ3) is 4.89. The van der Waals surface area contributed by atoms with E-state index in [0.29, 0.717) is 5.56 Å². The first-order valence-electron chi connectivity index (χ1n) is 7.14. The molecule has 26 heavy (non-hydrogen) atoms. The second-order valence-corrected chi connectivity index (χ2v) is 7.65. The van der Waals surface area contributed by atoms with Crippen molar-refractivity contribution in [2.24, 2.45) is 0 Å². The van der Waals surface area contributed by atoms with E-state index in [0.717, 1.165) is 18.4 Å². The Bertz CT molecular complexity index is 960. The fourth-order valence-corrected chi connectivity index (χ4v) is 3.06. The number of hydrogen-bond donors (Lipinski definition) is 2. The summed E-state index contributed by atoms with van der Waals surface area (Å²) >= 11 is 5.54. The van der Waals surface area contributed by atoms with Crippen LogP contribution >= 0.6 is 11.6 Å². The molecule has 140 valence electrons. The molecule has 0 spiro atoms. The summed E-state index contributed by atoms with van der Waals surface area (Å²) < 4.78 is 63.7. The van der Waals surface area contributed by atoms with Gasteiger partial charge >= 0.3 is 6.18 Å². The quantitative estimate of drug-likeness (QED) is 0.795. The number of hydrogen-bond acceptors (Lipinski definition) is 3. The van der Waals surface area contributed by atoms with Crippen LogP contribution in [0.5, 0.6) is 0 Å². The van der Waals surface area contributed by atoms with Gasteiger partial charge in [0.25, 0.3) is 5.91 Å². The van der Waals surface area contributed by atoms with Crippen LogP contribution in [0.25, 0.3) is 0 Å². The minimum absolute atomic E-state index is 0.0902. The van der Waals surface area contributed by atoms with Crippen molar-refractivity contribution in [1.29, 1.82) is 0 Å². The number of carbonyl (C=O) groups excluding carboxylic acids is 1. The van der Waals surface area contributed by atoms with E-state index in [-0.39, 0.29) is 16.9 Å². The predicted octanol–water partition coefficient (Wildman–Crippen LogP) is 4.29. The van der Waals surface area contributed by atoms with Crippen LogP contribution < -0.4 is 10.0 Å². The van der Waals surface area contributed by atoms with Crippen LogP contribution in [0.15, 0.2) is 36.4 Å². The van der Waals surface area contributed by atoms with Gasteiger partial charge in [-0.3, -0.25) is 9.52 Å². The van der Waals surface area contributed by atoms with Crippen molar-refractivity contribution in [3.05, 3.63) is 58.1 Å². The molecule has 5 nitrogen and oxygen atoms in total. The summed E-state index contributed by atoms with van der Waals surface area (Å²) in [6.45, 7) is 1.52. The molecule has 2 N–H and O–H groups in total. The van der Waals surface area contributed by atoms with Gasteiger partial charge in [-0.05, 0) is 42.8 Å². The first kappa shape index (κ1) is 20.1. The molecule has 0 unspecified atom stereocenters. The number of nitrogens with one attached hydrogen (secondary N) is 2. The molecular formula is C16H14ClF3N2O3S. The predicted molar refractivity (Wildman–Crippen MR) is 94.1 cm³/mol. The van der Waals surface area contributed by atoms with E-state index in [4.69, 9.17) is 11.6 Å². The van der Waals surface area contributed by atoms with Gasteiger partial charge in [-0.2, -0.15) is 13.2 Å². The molecule has 2 rings (SSSR count). The molecule has 0 aromatic heterocycles. The van der Waals surface area contributed by atoms with E-state index >= 15 is 0 Å². The number of alkyl halides is 3. The number of rotatable bonds is 4. The number of anilines is 2. The van der Waals surface area contributed by atoms with Crippen LogP contribution in [0.2, 0.25) is 5.02 Å². The molecule has 0 aliphatic carbocycles. The van der Waals surface area contributed by atoms with Gasteiger partial charge in [-0.15, -0.1) is 0 Å². The highest BCUT2D eigenvalue weighted by Crippen LogP contribution is 2.36. The minimum atomic E-state index is -4.66. The molecular weight excluding hydrogens is 393 g/mol. The maximum absolute atomic E-state index is 12.9. The van der Waals surface area contributed by atoms with Gasteiger partial charge in [0.15, 0.2) is 0 Å². The first-order valence-corrected chi connectivity index (χ1v) is 9.41. The zero-order valence-electron chi connectivity index (χ0n) is 13.6. The normalized spacial score (nSPS) is 11.9. The number of carbonyl (C=O) groups is 1. The van der Waals surface area contributed by atoms with Gasteiger partial charge in [0, 0.05) is 11.3 Å². The van der Waals surface area contributed by atoms with Gasteiger partial charge in [-0.25, -0.2) is 8.42 Å². The summed E-state index contributed by atoms with van der Waals surface area (Å²) in [7, 11) is -3.55. The lowest BCUT2D eigenvalue weighted by atomic mass is 10.1. The average Bonchev–Trinajstić information content (AvgIpc) is 2.48. The van der Waals surface area contributed by atoms with Crippen molar-refractivity contribution in [1.82, 2.24) is 0 Å². The lowest BCUT2D eigenvalue weighted by Gasteiger charge is -2.14. The molecule has 0 saturated carbocycles. The average molecular weight is 407 g/mol. The highest BCUT2D eigenvalue weighted by atomic mass is 35.5. The molecule has 10 heteroatoms. The zero-order valence-corrected chi connectivity index (χ0v) is 15.2. The first-order chi connectivity index (χ1) is 11.9. The molecule has 0 bridgehead atoms. The van der Waals surface area contributed by atoms with E-state index < -0.39 is 32.7 Å². The Kier molecular flexibility index (Phi) is 5.52. The third-order valence-corrected chi connectivity index (χ3v) is 4.32. The van der Waals surface area contributed by atoms with Gasteiger partial charge in [-0.1, -0.05) is 17.7 Å². The van der Waals surface area contributed by atoms with Gasteiger partial charge in [0.1, 0.15) is 0 Å². The Morgan fingerprint density at radius 2 is 1.81 bits per heavy atom. The smallest absolute Gasteiger partial charge is 0.322 e. The molecule has 1 amide bonds. The van der Waals surface area contributed by atoms with Crippen molar-refractivity contribution in [3.8, 4) is 0 Å². The molecule has 0 fully saturated rings. The summed E-state index contributed by atoms with van der Waals surface area (Å²) in [5.41, 5.74) is -0.511. The van der Waals surface area contributed by atoms with Crippen molar-refractivity contribution in [3.63, 3.8) is 0 Å². The third-order valence-electron chi connectivity index (χ3n) is 3.40. The molecule has 0 aliphatic heterocycles. The number of amides is 1. The van der Waals surface area contributed by atoms with Crippen molar-refractivity contribution in [2.45, 2.75) is 13.1 Å². The van der Waals surface area contributed by atoms with Gasteiger partial charge in [0.2, 0.25) is 10.0 Å². The van der Waals surface area contributed by atoms with Crippen molar-refractivity contribution < 1.29 is 26.4 Å². The largest absolute Gasteiger partial charge is 0.417 e. The van der Waals surface area contributed by atoms with Crippen molar-refractivity contribution in [2.75, 3.05) is 16.3 Å². The second kappa shape index (κ2) is 7.16. The number of halogens is 4. The fraction of sp³-hybridized carbons (Fsp3) is 0.188. The maximum Gasteiger partial charge on any atom is 0.417 e. The molecule has 0 atom stereocenters. The summed E-state index contributed by atoms with van der Waals surface area (Å²) in [6, 6.07) is 7.36. The Labute approximate surface area is 153 Å². The topological polar surface area (TPSA) is 75.3 Å². The van der Waals surface area contributed by atoms with Crippen LogP contribution in [-0.4, -0.2) is 20.6 Å². The van der Waals surface area contributed by atoms with Crippen LogP contribution in [-0.2, 0) is 16.2 Å². The van der Waals surface area contributed by atoms with Crippen LogP contribution in [0.4, 0.5) is 24.5 Å². The van der Waals surface area contributed by atoms with Gasteiger partial charge in [0.05, 0.1) is 22.5 Å². The fourth-order valence-electron chi connectivity index (χ4n) is 2.21. The van der Waals surface area contributed by atoms with Crippen LogP contribution in [0.1, 0.15) is 21.5 Å². The number of benzene rings is 2. The monoisotopic (exact) mass is 406 g/mol. The summed E-state index contributed by atoms with van der Waals surface area (Å²) in [4.78, 5) is 12.4.